The highest BCUT2D eigenvalue weighted by Crippen LogP contribution is 2.22. The van der Waals surface area contributed by atoms with Crippen LogP contribution in [0.4, 0.5) is 0 Å². The fourth-order valence-electron chi connectivity index (χ4n) is 0.589. The Morgan fingerprint density at radius 3 is 2.78 bits per heavy atom. The van der Waals surface area contributed by atoms with Gasteiger partial charge in [0.05, 0.1) is 5.02 Å². The maximum atomic E-state index is 5.77. The summed E-state index contributed by atoms with van der Waals surface area (Å²) in [6.45, 7) is 0. The van der Waals surface area contributed by atoms with Gasteiger partial charge in [-0.1, -0.05) is 11.6 Å². The van der Waals surface area contributed by atoms with Crippen LogP contribution in [0.15, 0.2) is 11.4 Å². The Hall–Kier alpha value is 0.280. The van der Waals surface area contributed by atoms with Gasteiger partial charge >= 0.3 is 0 Å². The van der Waals surface area contributed by atoms with E-state index in [2.05, 4.69) is 0 Å². The molecule has 0 amide bonds. The summed E-state index contributed by atoms with van der Waals surface area (Å²) in [5, 5.41) is 2.82. The molecule has 0 spiro atoms. The summed E-state index contributed by atoms with van der Waals surface area (Å²) in [4.78, 5) is 1.19. The van der Waals surface area contributed by atoms with E-state index in [0.29, 0.717) is 5.88 Å². The Labute approximate surface area is 68.4 Å². The van der Waals surface area contributed by atoms with E-state index in [0.717, 1.165) is 11.4 Å². The van der Waals surface area contributed by atoms with Gasteiger partial charge in [0.15, 0.2) is 0 Å². The fraction of sp³-hybridized carbons (Fsp3) is 0.333. The van der Waals surface area contributed by atoms with Crippen LogP contribution in [0.5, 0.6) is 0 Å². The van der Waals surface area contributed by atoms with Gasteiger partial charge in [0.2, 0.25) is 0 Å². The molecule has 0 atom stereocenters. The molecule has 0 unspecified atom stereocenters. The van der Waals surface area contributed by atoms with E-state index in [9.17, 15) is 0 Å². The lowest BCUT2D eigenvalue weighted by Gasteiger charge is -1.89. The van der Waals surface area contributed by atoms with Gasteiger partial charge in [-0.3, -0.25) is 0 Å². The molecule has 0 saturated heterocycles. The minimum atomic E-state index is 0.653. The zero-order valence-corrected chi connectivity index (χ0v) is 7.06. The van der Waals surface area contributed by atoms with Crippen molar-refractivity contribution >= 4 is 34.5 Å². The molecule has 3 heteroatoms. The quantitative estimate of drug-likeness (QED) is 0.614. The van der Waals surface area contributed by atoms with Gasteiger partial charge in [0.25, 0.3) is 0 Å². The van der Waals surface area contributed by atoms with Crippen molar-refractivity contribution < 1.29 is 0 Å². The lowest BCUT2D eigenvalue weighted by Crippen LogP contribution is -1.79. The lowest BCUT2D eigenvalue weighted by atomic mass is 10.4. The van der Waals surface area contributed by atoms with Gasteiger partial charge in [-0.05, 0) is 17.9 Å². The molecule has 1 heterocycles. The molecule has 0 aliphatic rings. The molecule has 0 aliphatic carbocycles. The van der Waals surface area contributed by atoms with Crippen LogP contribution < -0.4 is 0 Å². The van der Waals surface area contributed by atoms with Crippen LogP contribution in [0, 0.1) is 0 Å². The molecule has 0 N–H and O–H groups in total. The van der Waals surface area contributed by atoms with E-state index in [1.165, 1.54) is 4.88 Å². The minimum Gasteiger partial charge on any atom is -0.147 e. The van der Waals surface area contributed by atoms with Crippen LogP contribution in [-0.2, 0) is 6.42 Å². The van der Waals surface area contributed by atoms with Crippen molar-refractivity contribution in [2.75, 3.05) is 5.88 Å². The molecule has 1 aromatic heterocycles. The second kappa shape index (κ2) is 3.45. The summed E-state index contributed by atoms with van der Waals surface area (Å²) in [5.74, 6) is 0.653. The van der Waals surface area contributed by atoms with Crippen LogP contribution in [0.2, 0.25) is 5.02 Å². The van der Waals surface area contributed by atoms with Gasteiger partial charge < -0.3 is 0 Å². The average molecular weight is 181 g/mol. The van der Waals surface area contributed by atoms with Crippen LogP contribution in [0.1, 0.15) is 4.88 Å². The first kappa shape index (κ1) is 7.39. The molecular weight excluding hydrogens is 175 g/mol. The van der Waals surface area contributed by atoms with Crippen molar-refractivity contribution in [3.63, 3.8) is 0 Å². The predicted octanol–water partition coefficient (Wildman–Crippen LogP) is 3.18. The van der Waals surface area contributed by atoms with Crippen molar-refractivity contribution in [3.05, 3.63) is 21.3 Å². The highest BCUT2D eigenvalue weighted by molar-refractivity contribution is 7.10. The van der Waals surface area contributed by atoms with Gasteiger partial charge in [-0.25, -0.2) is 0 Å². The van der Waals surface area contributed by atoms with Crippen molar-refractivity contribution in [1.82, 2.24) is 0 Å². The van der Waals surface area contributed by atoms with Gasteiger partial charge in [-0.2, -0.15) is 0 Å². The van der Waals surface area contributed by atoms with Crippen molar-refractivity contribution in [2.45, 2.75) is 6.42 Å². The third kappa shape index (κ3) is 1.85. The average Bonchev–Trinajstić information content (AvgIpc) is 2.18. The topological polar surface area (TPSA) is 0 Å². The number of hydrogen-bond donors (Lipinski definition) is 0. The molecule has 0 aliphatic heterocycles. The highest BCUT2D eigenvalue weighted by atomic mass is 35.5. The largest absolute Gasteiger partial charge is 0.147 e. The number of hydrogen-bond acceptors (Lipinski definition) is 1. The summed E-state index contributed by atoms with van der Waals surface area (Å²) in [6, 6.07) is 1.90. The molecule has 1 rings (SSSR count). The molecule has 50 valence electrons. The van der Waals surface area contributed by atoms with E-state index in [4.69, 9.17) is 23.2 Å². The monoisotopic (exact) mass is 180 g/mol. The standard InChI is InChI=1S/C6H6Cl2S/c7-3-1-6-5(8)2-4-9-6/h2,4H,1,3H2. The maximum Gasteiger partial charge on any atom is 0.0545 e. The van der Waals surface area contributed by atoms with Crippen molar-refractivity contribution in [2.24, 2.45) is 0 Å². The maximum absolute atomic E-state index is 5.77. The SMILES string of the molecule is ClCCc1sccc1Cl. The molecule has 0 radical (unpaired) electrons. The van der Waals surface area contributed by atoms with Gasteiger partial charge in [-0.15, -0.1) is 22.9 Å². The number of aryl methyl sites for hydroxylation is 1. The van der Waals surface area contributed by atoms with Gasteiger partial charge in [0.1, 0.15) is 0 Å². The Bertz CT molecular complexity index is 183. The minimum absolute atomic E-state index is 0.653. The molecule has 1 aromatic rings. The van der Waals surface area contributed by atoms with Gasteiger partial charge in [0, 0.05) is 10.8 Å². The van der Waals surface area contributed by atoms with E-state index < -0.39 is 0 Å². The first-order valence-electron chi connectivity index (χ1n) is 2.62. The first-order valence-corrected chi connectivity index (χ1v) is 4.41. The molecule has 0 aromatic carbocycles. The lowest BCUT2D eigenvalue weighted by molar-refractivity contribution is 1.20. The van der Waals surface area contributed by atoms with Crippen LogP contribution >= 0.6 is 34.5 Å². The summed E-state index contributed by atoms with van der Waals surface area (Å²) >= 11 is 12.9. The highest BCUT2D eigenvalue weighted by Gasteiger charge is 1.98. The van der Waals surface area contributed by atoms with Crippen molar-refractivity contribution in [1.29, 1.82) is 0 Å². The summed E-state index contributed by atoms with van der Waals surface area (Å²) < 4.78 is 0. The summed E-state index contributed by atoms with van der Waals surface area (Å²) in [5.41, 5.74) is 0. The second-order valence-corrected chi connectivity index (χ2v) is 3.42. The zero-order valence-electron chi connectivity index (χ0n) is 4.73. The van der Waals surface area contributed by atoms with E-state index in [-0.39, 0.29) is 0 Å². The smallest absolute Gasteiger partial charge is 0.0545 e. The molecule has 0 bridgehead atoms. The number of thiophene rings is 1. The van der Waals surface area contributed by atoms with Crippen molar-refractivity contribution in [3.8, 4) is 0 Å². The Morgan fingerprint density at radius 2 is 2.33 bits per heavy atom. The van der Waals surface area contributed by atoms with E-state index in [1.807, 2.05) is 11.4 Å². The molecule has 0 saturated carbocycles. The first-order chi connectivity index (χ1) is 4.34. The fourth-order valence-corrected chi connectivity index (χ4v) is 2.03. The number of rotatable bonds is 2. The molecule has 9 heavy (non-hydrogen) atoms. The molecule has 0 fully saturated rings. The molecular formula is C6H6Cl2S. The van der Waals surface area contributed by atoms with E-state index >= 15 is 0 Å². The Balaban J connectivity index is 2.69. The summed E-state index contributed by atoms with van der Waals surface area (Å²) in [7, 11) is 0. The zero-order chi connectivity index (χ0) is 6.69. The second-order valence-electron chi connectivity index (χ2n) is 1.63. The summed E-state index contributed by atoms with van der Waals surface area (Å²) in [6.07, 6.45) is 0.887. The molecule has 0 nitrogen and oxygen atoms in total. The van der Waals surface area contributed by atoms with E-state index in [1.54, 1.807) is 11.3 Å². The Morgan fingerprint density at radius 1 is 1.56 bits per heavy atom. The number of alkyl halides is 1. The third-order valence-electron chi connectivity index (χ3n) is 1.01. The van der Waals surface area contributed by atoms with Crippen LogP contribution in [-0.4, -0.2) is 5.88 Å². The van der Waals surface area contributed by atoms with Crippen LogP contribution in [0.25, 0.3) is 0 Å². The predicted molar refractivity (Wildman–Crippen MR) is 43.8 cm³/mol. The Kier molecular flexibility index (Phi) is 2.83. The third-order valence-corrected chi connectivity index (χ3v) is 2.65. The normalized spacial score (nSPS) is 10.0. The number of halogens is 2. The van der Waals surface area contributed by atoms with Crippen LogP contribution in [0.3, 0.4) is 0 Å².